The number of hydrogen-bond donors (Lipinski definition) is 4. The van der Waals surface area contributed by atoms with Crippen LogP contribution in [0.1, 0.15) is 93.2 Å². The average Bonchev–Trinajstić information content (AvgIpc) is 2.81. The van der Waals surface area contributed by atoms with E-state index in [1.807, 2.05) is 12.1 Å². The molecular weight excluding hydrogens is 438 g/mol. The van der Waals surface area contributed by atoms with E-state index in [1.54, 1.807) is 0 Å². The number of rotatable bonds is 8. The highest BCUT2D eigenvalue weighted by molar-refractivity contribution is 7.54. The van der Waals surface area contributed by atoms with Crippen LogP contribution < -0.4 is 10.6 Å². The molecule has 6 heteroatoms. The summed E-state index contributed by atoms with van der Waals surface area (Å²) in [6.45, 7) is 8.53. The van der Waals surface area contributed by atoms with Crippen LogP contribution in [0.4, 0.5) is 0 Å². The fourth-order valence-electron chi connectivity index (χ4n) is 6.07. The molecular formula is C26H38O4P2. The maximum Gasteiger partial charge on any atom is 0.199 e. The van der Waals surface area contributed by atoms with Crippen LogP contribution in [0, 0.1) is 0 Å². The Labute approximate surface area is 195 Å². The van der Waals surface area contributed by atoms with Gasteiger partial charge in [0.15, 0.2) is 16.8 Å². The third-order valence-electron chi connectivity index (χ3n) is 7.40. The molecule has 0 saturated heterocycles. The van der Waals surface area contributed by atoms with E-state index in [2.05, 4.69) is 39.8 Å². The Hall–Kier alpha value is -0.860. The molecule has 0 unspecified atom stereocenters. The highest BCUT2D eigenvalue weighted by Crippen LogP contribution is 2.49. The third-order valence-corrected chi connectivity index (χ3v) is 9.10. The van der Waals surface area contributed by atoms with Gasteiger partial charge in [-0.3, -0.25) is 0 Å². The Kier molecular flexibility index (Phi) is 8.89. The first-order valence-electron chi connectivity index (χ1n) is 12.0. The van der Waals surface area contributed by atoms with Crippen LogP contribution in [0.15, 0.2) is 24.3 Å². The van der Waals surface area contributed by atoms with Crippen molar-refractivity contribution in [3.8, 4) is 0 Å². The Morgan fingerprint density at radius 1 is 0.594 bits per heavy atom. The average molecular weight is 477 g/mol. The minimum Gasteiger partial charge on any atom is -0.347 e. The Bertz CT molecular complexity index is 864. The molecule has 0 aromatic heterocycles. The lowest BCUT2D eigenvalue weighted by Crippen LogP contribution is -2.35. The molecule has 0 spiro atoms. The first-order valence-corrected chi connectivity index (χ1v) is 14.5. The second-order valence-electron chi connectivity index (χ2n) is 8.81. The van der Waals surface area contributed by atoms with Crippen molar-refractivity contribution >= 4 is 27.4 Å². The standard InChI is InChI=1S/C26H38O4P2/c1-5-18-20(7-3)24(31(27)28)14-12-22(18)26(16-10-9-11-17-26)23-13-15-25(32(29)30)21(8-4)19(23)6-2/h12-15,27-30H,5-11,16-17H2,1-4H3. The van der Waals surface area contributed by atoms with Crippen molar-refractivity contribution in [1.29, 1.82) is 0 Å². The van der Waals surface area contributed by atoms with E-state index < -0.39 is 16.8 Å². The highest BCUT2D eigenvalue weighted by atomic mass is 31.2. The second kappa shape index (κ2) is 11.0. The summed E-state index contributed by atoms with van der Waals surface area (Å²) in [5.74, 6) is 0. The van der Waals surface area contributed by atoms with Crippen molar-refractivity contribution in [2.24, 2.45) is 0 Å². The van der Waals surface area contributed by atoms with Crippen LogP contribution in [0.3, 0.4) is 0 Å². The SMILES string of the molecule is CCc1c(P(O)O)ccc(C2(c3ccc(P(O)O)c(CC)c3CC)CCCCC2)c1CC. The van der Waals surface area contributed by atoms with E-state index in [9.17, 15) is 19.6 Å². The molecule has 0 aliphatic heterocycles. The van der Waals surface area contributed by atoms with Gasteiger partial charge in [-0.15, -0.1) is 0 Å². The lowest BCUT2D eigenvalue weighted by Gasteiger charge is -2.42. The van der Waals surface area contributed by atoms with Gasteiger partial charge in [-0.2, -0.15) is 0 Å². The van der Waals surface area contributed by atoms with Gasteiger partial charge in [0.25, 0.3) is 0 Å². The summed E-state index contributed by atoms with van der Waals surface area (Å²) < 4.78 is 0. The van der Waals surface area contributed by atoms with E-state index in [0.29, 0.717) is 10.6 Å². The van der Waals surface area contributed by atoms with Crippen LogP contribution in [0.25, 0.3) is 0 Å². The molecule has 32 heavy (non-hydrogen) atoms. The van der Waals surface area contributed by atoms with Gasteiger partial charge in [-0.25, -0.2) is 0 Å². The minimum atomic E-state index is -2.13. The van der Waals surface area contributed by atoms with Crippen LogP contribution in [0.5, 0.6) is 0 Å². The van der Waals surface area contributed by atoms with E-state index in [-0.39, 0.29) is 5.41 Å². The molecule has 176 valence electrons. The molecule has 1 saturated carbocycles. The minimum absolute atomic E-state index is 0.124. The van der Waals surface area contributed by atoms with Gasteiger partial charge in [-0.1, -0.05) is 59.1 Å². The topological polar surface area (TPSA) is 80.9 Å². The monoisotopic (exact) mass is 476 g/mol. The van der Waals surface area contributed by atoms with Crippen molar-refractivity contribution in [3.05, 3.63) is 57.6 Å². The fraction of sp³-hybridized carbons (Fsp3) is 0.538. The second-order valence-corrected chi connectivity index (χ2v) is 10.9. The molecule has 0 heterocycles. The summed E-state index contributed by atoms with van der Waals surface area (Å²) in [7, 11) is -4.25. The van der Waals surface area contributed by atoms with Gasteiger partial charge in [0.2, 0.25) is 0 Å². The third kappa shape index (κ3) is 4.56. The Balaban J connectivity index is 2.35. The molecule has 0 bridgehead atoms. The number of benzene rings is 2. The van der Waals surface area contributed by atoms with E-state index in [0.717, 1.165) is 62.5 Å². The van der Waals surface area contributed by atoms with Gasteiger partial charge in [0, 0.05) is 16.0 Å². The van der Waals surface area contributed by atoms with Gasteiger partial charge in [-0.05, 0) is 84.0 Å². The fourth-order valence-corrected chi connectivity index (χ4v) is 7.55. The highest BCUT2D eigenvalue weighted by Gasteiger charge is 2.40. The van der Waals surface area contributed by atoms with Gasteiger partial charge in [0.1, 0.15) is 0 Å². The summed E-state index contributed by atoms with van der Waals surface area (Å²) in [5.41, 5.74) is 7.24. The summed E-state index contributed by atoms with van der Waals surface area (Å²) in [5, 5.41) is 1.36. The number of hydrogen-bond acceptors (Lipinski definition) is 4. The maximum absolute atomic E-state index is 10.0. The molecule has 2 aromatic carbocycles. The molecule has 0 atom stereocenters. The van der Waals surface area contributed by atoms with Crippen LogP contribution in [0.2, 0.25) is 0 Å². The van der Waals surface area contributed by atoms with Gasteiger partial charge < -0.3 is 19.6 Å². The van der Waals surface area contributed by atoms with E-state index >= 15 is 0 Å². The first kappa shape index (κ1) is 25.8. The Morgan fingerprint density at radius 3 is 1.28 bits per heavy atom. The van der Waals surface area contributed by atoms with Gasteiger partial charge in [0.05, 0.1) is 0 Å². The molecule has 4 nitrogen and oxygen atoms in total. The largest absolute Gasteiger partial charge is 0.347 e. The van der Waals surface area contributed by atoms with Crippen LogP contribution >= 0.6 is 16.8 Å². The summed E-state index contributed by atoms with van der Waals surface area (Å²) in [6.07, 6.45) is 8.97. The first-order chi connectivity index (χ1) is 15.4. The zero-order chi connectivity index (χ0) is 23.5. The summed E-state index contributed by atoms with van der Waals surface area (Å²) >= 11 is 0. The summed E-state index contributed by atoms with van der Waals surface area (Å²) in [6, 6.07) is 8.20. The van der Waals surface area contributed by atoms with Gasteiger partial charge >= 0.3 is 0 Å². The van der Waals surface area contributed by atoms with Crippen molar-refractivity contribution < 1.29 is 19.6 Å². The lowest BCUT2D eigenvalue weighted by molar-refractivity contribution is 0.342. The van der Waals surface area contributed by atoms with E-state index in [1.165, 1.54) is 28.7 Å². The van der Waals surface area contributed by atoms with E-state index in [4.69, 9.17) is 0 Å². The predicted molar refractivity (Wildman–Crippen MR) is 136 cm³/mol. The molecule has 3 rings (SSSR count). The molecule has 0 amide bonds. The van der Waals surface area contributed by atoms with Crippen LogP contribution in [-0.4, -0.2) is 19.6 Å². The molecule has 1 fully saturated rings. The molecule has 1 aliphatic rings. The van der Waals surface area contributed by atoms with Crippen molar-refractivity contribution in [1.82, 2.24) is 0 Å². The maximum atomic E-state index is 10.0. The Morgan fingerprint density at radius 2 is 0.969 bits per heavy atom. The van der Waals surface area contributed by atoms with Crippen molar-refractivity contribution in [3.63, 3.8) is 0 Å². The zero-order valence-corrected chi connectivity index (χ0v) is 21.6. The predicted octanol–water partition coefficient (Wildman–Crippen LogP) is 5.03. The molecule has 1 aliphatic carbocycles. The quantitative estimate of drug-likeness (QED) is 0.403. The van der Waals surface area contributed by atoms with Crippen molar-refractivity contribution in [2.75, 3.05) is 0 Å². The van der Waals surface area contributed by atoms with Crippen LogP contribution in [-0.2, 0) is 31.1 Å². The summed E-state index contributed by atoms with van der Waals surface area (Å²) in [4.78, 5) is 40.2. The lowest BCUT2D eigenvalue weighted by atomic mass is 9.62. The normalized spacial score (nSPS) is 16.2. The van der Waals surface area contributed by atoms with Crippen molar-refractivity contribution in [2.45, 2.75) is 90.9 Å². The molecule has 0 radical (unpaired) electrons. The zero-order valence-electron chi connectivity index (χ0n) is 19.9. The molecule has 4 N–H and O–H groups in total. The smallest absolute Gasteiger partial charge is 0.199 e. The molecule has 2 aromatic rings.